The van der Waals surface area contributed by atoms with Crippen LogP contribution in [0.5, 0.6) is 0 Å². The van der Waals surface area contributed by atoms with Crippen molar-refractivity contribution in [1.29, 1.82) is 0 Å². The lowest BCUT2D eigenvalue weighted by atomic mass is 10.0. The zero-order valence-corrected chi connectivity index (χ0v) is 13.1. The maximum atomic E-state index is 5.91. The van der Waals surface area contributed by atoms with Crippen molar-refractivity contribution in [2.45, 2.75) is 39.3 Å². The van der Waals surface area contributed by atoms with Crippen molar-refractivity contribution in [1.82, 2.24) is 5.32 Å². The average molecular weight is 288 g/mol. The van der Waals surface area contributed by atoms with Crippen LogP contribution in [0.3, 0.4) is 0 Å². The minimum absolute atomic E-state index is 0.317. The summed E-state index contributed by atoms with van der Waals surface area (Å²) in [5.74, 6) is 0.588. The van der Waals surface area contributed by atoms with Crippen molar-refractivity contribution in [3.8, 4) is 0 Å². The molecule has 1 unspecified atom stereocenters. The van der Waals surface area contributed by atoms with Gasteiger partial charge in [0.25, 0.3) is 0 Å². The first-order valence-electron chi connectivity index (χ1n) is 7.14. The molecule has 1 nitrogen and oxygen atoms in total. The van der Waals surface area contributed by atoms with Crippen LogP contribution in [0.25, 0.3) is 0 Å². The maximum absolute atomic E-state index is 5.91. The number of halogens is 1. The topological polar surface area (TPSA) is 12.0 Å². The summed E-state index contributed by atoms with van der Waals surface area (Å²) in [4.78, 5) is 0. The van der Waals surface area contributed by atoms with Crippen LogP contribution in [0.4, 0.5) is 0 Å². The first-order valence-corrected chi connectivity index (χ1v) is 7.51. The van der Waals surface area contributed by atoms with Gasteiger partial charge in [-0.2, -0.15) is 0 Å². The summed E-state index contributed by atoms with van der Waals surface area (Å²) < 4.78 is 0. The third-order valence-corrected chi connectivity index (χ3v) is 3.88. The highest BCUT2D eigenvalue weighted by Crippen LogP contribution is 2.18. The van der Waals surface area contributed by atoms with Gasteiger partial charge in [-0.15, -0.1) is 0 Å². The van der Waals surface area contributed by atoms with Crippen LogP contribution >= 0.6 is 11.6 Å². The highest BCUT2D eigenvalue weighted by atomic mass is 35.5. The second-order valence-corrected chi connectivity index (χ2v) is 5.99. The summed E-state index contributed by atoms with van der Waals surface area (Å²) in [6.45, 7) is 7.49. The molecule has 106 valence electrons. The van der Waals surface area contributed by atoms with E-state index in [4.69, 9.17) is 11.6 Å². The zero-order chi connectivity index (χ0) is 14.5. The normalized spacial score (nSPS) is 12.7. The van der Waals surface area contributed by atoms with Crippen LogP contribution in [0.1, 0.15) is 49.4 Å². The Bertz CT molecular complexity index is 528. The van der Waals surface area contributed by atoms with E-state index in [1.165, 1.54) is 16.7 Å². The van der Waals surface area contributed by atoms with Gasteiger partial charge in [-0.25, -0.2) is 0 Å². The lowest BCUT2D eigenvalue weighted by molar-refractivity contribution is 0.574. The van der Waals surface area contributed by atoms with Crippen LogP contribution in [-0.4, -0.2) is 0 Å². The van der Waals surface area contributed by atoms with E-state index < -0.39 is 0 Å². The fourth-order valence-corrected chi connectivity index (χ4v) is 2.29. The molecule has 0 aliphatic heterocycles. The lowest BCUT2D eigenvalue weighted by Crippen LogP contribution is -2.17. The third-order valence-electron chi connectivity index (χ3n) is 3.63. The van der Waals surface area contributed by atoms with Crippen LogP contribution in [0.15, 0.2) is 48.5 Å². The lowest BCUT2D eigenvalue weighted by Gasteiger charge is -2.15. The van der Waals surface area contributed by atoms with E-state index in [0.717, 1.165) is 11.6 Å². The highest BCUT2D eigenvalue weighted by molar-refractivity contribution is 6.30. The third kappa shape index (κ3) is 4.09. The summed E-state index contributed by atoms with van der Waals surface area (Å²) in [6.07, 6.45) is 0. The molecule has 1 atom stereocenters. The molecule has 0 aromatic heterocycles. The van der Waals surface area contributed by atoms with Gasteiger partial charge < -0.3 is 5.32 Å². The predicted molar refractivity (Wildman–Crippen MR) is 87.2 cm³/mol. The number of nitrogens with one attached hydrogen (secondary N) is 1. The Labute approximate surface area is 127 Å². The molecule has 0 aliphatic rings. The molecular formula is C18H22ClN. The molecule has 0 heterocycles. The molecular weight excluding hydrogens is 266 g/mol. The summed E-state index contributed by atoms with van der Waals surface area (Å²) in [6, 6.07) is 17.2. The first kappa shape index (κ1) is 15.1. The van der Waals surface area contributed by atoms with Gasteiger partial charge in [-0.3, -0.25) is 0 Å². The fourth-order valence-electron chi connectivity index (χ4n) is 2.16. The van der Waals surface area contributed by atoms with E-state index >= 15 is 0 Å². The smallest absolute Gasteiger partial charge is 0.0406 e. The Morgan fingerprint density at radius 2 is 1.40 bits per heavy atom. The number of hydrogen-bond donors (Lipinski definition) is 1. The molecule has 0 amide bonds. The number of rotatable bonds is 5. The molecule has 0 aliphatic carbocycles. The molecule has 0 bridgehead atoms. The molecule has 1 N–H and O–H groups in total. The number of benzene rings is 2. The number of hydrogen-bond acceptors (Lipinski definition) is 1. The largest absolute Gasteiger partial charge is 0.306 e. The van der Waals surface area contributed by atoms with Crippen molar-refractivity contribution in [2.75, 3.05) is 0 Å². The van der Waals surface area contributed by atoms with Gasteiger partial charge >= 0.3 is 0 Å². The van der Waals surface area contributed by atoms with Gasteiger partial charge in [0.2, 0.25) is 0 Å². The SMILES string of the molecule is CC(C)c1ccc(CNC(C)c2ccc(Cl)cc2)cc1. The van der Waals surface area contributed by atoms with Crippen LogP contribution in [-0.2, 0) is 6.54 Å². The molecule has 0 fully saturated rings. The minimum atomic E-state index is 0.317. The van der Waals surface area contributed by atoms with Crippen LogP contribution in [0.2, 0.25) is 5.02 Å². The van der Waals surface area contributed by atoms with Gasteiger partial charge in [0.1, 0.15) is 0 Å². The van der Waals surface area contributed by atoms with Gasteiger partial charge in [0, 0.05) is 17.6 Å². The molecule has 2 aromatic carbocycles. The van der Waals surface area contributed by atoms with Crippen molar-refractivity contribution < 1.29 is 0 Å². The highest BCUT2D eigenvalue weighted by Gasteiger charge is 2.05. The molecule has 20 heavy (non-hydrogen) atoms. The van der Waals surface area contributed by atoms with Crippen LogP contribution in [0, 0.1) is 0 Å². The summed E-state index contributed by atoms with van der Waals surface area (Å²) in [5.41, 5.74) is 3.96. The van der Waals surface area contributed by atoms with Gasteiger partial charge in [-0.1, -0.05) is 61.8 Å². The summed E-state index contributed by atoms with van der Waals surface area (Å²) >= 11 is 5.91. The van der Waals surface area contributed by atoms with Crippen LogP contribution < -0.4 is 5.32 Å². The molecule has 2 aromatic rings. The van der Waals surface area contributed by atoms with E-state index in [1.807, 2.05) is 12.1 Å². The van der Waals surface area contributed by atoms with E-state index in [0.29, 0.717) is 12.0 Å². The Kier molecular flexibility index (Phi) is 5.22. The Hall–Kier alpha value is -1.31. The zero-order valence-electron chi connectivity index (χ0n) is 12.4. The molecule has 0 saturated heterocycles. The average Bonchev–Trinajstić information content (AvgIpc) is 2.46. The summed E-state index contributed by atoms with van der Waals surface area (Å²) in [5, 5.41) is 4.32. The van der Waals surface area contributed by atoms with Crippen molar-refractivity contribution in [3.63, 3.8) is 0 Å². The first-order chi connectivity index (χ1) is 9.56. The Morgan fingerprint density at radius 1 is 0.850 bits per heavy atom. The Balaban J connectivity index is 1.92. The quantitative estimate of drug-likeness (QED) is 0.785. The van der Waals surface area contributed by atoms with E-state index in [9.17, 15) is 0 Å². The second-order valence-electron chi connectivity index (χ2n) is 5.55. The fraction of sp³-hybridized carbons (Fsp3) is 0.333. The second kappa shape index (κ2) is 6.92. The van der Waals surface area contributed by atoms with E-state index in [1.54, 1.807) is 0 Å². The van der Waals surface area contributed by atoms with E-state index in [-0.39, 0.29) is 0 Å². The summed E-state index contributed by atoms with van der Waals surface area (Å²) in [7, 11) is 0. The molecule has 0 radical (unpaired) electrons. The molecule has 0 saturated carbocycles. The van der Waals surface area contributed by atoms with Crippen molar-refractivity contribution in [3.05, 3.63) is 70.2 Å². The van der Waals surface area contributed by atoms with Gasteiger partial charge in [0.05, 0.1) is 0 Å². The molecule has 2 rings (SSSR count). The van der Waals surface area contributed by atoms with Gasteiger partial charge in [-0.05, 0) is 41.7 Å². The predicted octanol–water partition coefficient (Wildman–Crippen LogP) is 5.31. The molecule has 2 heteroatoms. The molecule has 0 spiro atoms. The monoisotopic (exact) mass is 287 g/mol. The minimum Gasteiger partial charge on any atom is -0.306 e. The standard InChI is InChI=1S/C18H22ClN/c1-13(2)16-6-4-15(5-7-16)12-20-14(3)17-8-10-18(19)11-9-17/h4-11,13-14,20H,12H2,1-3H3. The van der Waals surface area contributed by atoms with Crippen molar-refractivity contribution in [2.24, 2.45) is 0 Å². The van der Waals surface area contributed by atoms with E-state index in [2.05, 4.69) is 62.5 Å². The van der Waals surface area contributed by atoms with Gasteiger partial charge in [0.15, 0.2) is 0 Å². The Morgan fingerprint density at radius 3 is 1.95 bits per heavy atom. The maximum Gasteiger partial charge on any atom is 0.0406 e. The van der Waals surface area contributed by atoms with Crippen molar-refractivity contribution >= 4 is 11.6 Å².